The number of halogens is 2. The van der Waals surface area contributed by atoms with Gasteiger partial charge in [0.05, 0.1) is 28.8 Å². The predicted molar refractivity (Wildman–Crippen MR) is 99.6 cm³/mol. The van der Waals surface area contributed by atoms with Crippen LogP contribution in [0.1, 0.15) is 12.6 Å². The third kappa shape index (κ3) is 4.00. The highest BCUT2D eigenvalue weighted by molar-refractivity contribution is 6.42. The molecule has 0 spiro atoms. The molecule has 5 nitrogen and oxygen atoms in total. The largest absolute Gasteiger partial charge is 0.466 e. The standard InChI is InChI=1S/C18H15Cl2N3O2/c1-2-25-17(24)10-16-12-5-3-4-6-13(12)18(23-22-16)21-11-7-8-14(19)15(20)9-11/h3-9H,2,10H2,1H3,(H,21,23). The van der Waals surface area contributed by atoms with Crippen LogP contribution in [-0.2, 0) is 16.0 Å². The summed E-state index contributed by atoms with van der Waals surface area (Å²) in [5, 5.41) is 14.2. The number of nitrogens with one attached hydrogen (secondary N) is 1. The number of benzene rings is 2. The predicted octanol–water partition coefficient (Wildman–Crippen LogP) is 4.79. The van der Waals surface area contributed by atoms with Crippen LogP contribution in [-0.4, -0.2) is 22.8 Å². The summed E-state index contributed by atoms with van der Waals surface area (Å²) in [4.78, 5) is 11.8. The maximum atomic E-state index is 11.8. The highest BCUT2D eigenvalue weighted by Crippen LogP contribution is 2.29. The molecule has 0 fully saturated rings. The van der Waals surface area contributed by atoms with Gasteiger partial charge in [0.15, 0.2) is 5.82 Å². The van der Waals surface area contributed by atoms with Crippen LogP contribution >= 0.6 is 23.2 Å². The minimum atomic E-state index is -0.327. The van der Waals surface area contributed by atoms with Gasteiger partial charge in [-0.2, -0.15) is 5.10 Å². The van der Waals surface area contributed by atoms with E-state index in [1.165, 1.54) is 0 Å². The van der Waals surface area contributed by atoms with E-state index in [1.54, 1.807) is 25.1 Å². The fraction of sp³-hybridized carbons (Fsp3) is 0.167. The first-order valence-corrected chi connectivity index (χ1v) is 8.46. The lowest BCUT2D eigenvalue weighted by Gasteiger charge is -2.11. The number of carbonyl (C=O) groups is 1. The highest BCUT2D eigenvalue weighted by atomic mass is 35.5. The Kier molecular flexibility index (Phi) is 5.36. The van der Waals surface area contributed by atoms with Crippen LogP contribution in [0.3, 0.4) is 0 Å². The summed E-state index contributed by atoms with van der Waals surface area (Å²) < 4.78 is 5.00. The van der Waals surface area contributed by atoms with Crippen molar-refractivity contribution in [3.05, 3.63) is 58.2 Å². The monoisotopic (exact) mass is 375 g/mol. The van der Waals surface area contributed by atoms with Crippen molar-refractivity contribution >= 4 is 51.4 Å². The Labute approximate surface area is 154 Å². The Balaban J connectivity index is 1.97. The van der Waals surface area contributed by atoms with Crippen LogP contribution in [0, 0.1) is 0 Å². The molecule has 1 aromatic heterocycles. The number of hydrogen-bond acceptors (Lipinski definition) is 5. The Hall–Kier alpha value is -2.37. The number of fused-ring (bicyclic) bond motifs is 1. The van der Waals surface area contributed by atoms with Gasteiger partial charge in [-0.05, 0) is 25.1 Å². The first kappa shape index (κ1) is 17.5. The van der Waals surface area contributed by atoms with E-state index < -0.39 is 0 Å². The van der Waals surface area contributed by atoms with Crippen molar-refractivity contribution in [1.29, 1.82) is 0 Å². The van der Waals surface area contributed by atoms with E-state index in [-0.39, 0.29) is 12.4 Å². The Morgan fingerprint density at radius 3 is 2.56 bits per heavy atom. The van der Waals surface area contributed by atoms with Crippen LogP contribution in [0.5, 0.6) is 0 Å². The number of nitrogens with zero attached hydrogens (tertiary/aromatic N) is 2. The van der Waals surface area contributed by atoms with Crippen LogP contribution in [0.2, 0.25) is 10.0 Å². The minimum Gasteiger partial charge on any atom is -0.466 e. The maximum absolute atomic E-state index is 11.8. The fourth-order valence-corrected chi connectivity index (χ4v) is 2.74. The smallest absolute Gasteiger partial charge is 0.311 e. The molecule has 0 aliphatic heterocycles. The molecule has 1 N–H and O–H groups in total. The number of rotatable bonds is 5. The average Bonchev–Trinajstić information content (AvgIpc) is 2.60. The molecule has 25 heavy (non-hydrogen) atoms. The number of hydrogen-bond donors (Lipinski definition) is 1. The van der Waals surface area contributed by atoms with Gasteiger partial charge in [0, 0.05) is 16.5 Å². The average molecular weight is 376 g/mol. The molecule has 3 aromatic rings. The van der Waals surface area contributed by atoms with Gasteiger partial charge in [0.2, 0.25) is 0 Å². The second-order valence-corrected chi connectivity index (χ2v) is 6.09. The molecule has 0 atom stereocenters. The summed E-state index contributed by atoms with van der Waals surface area (Å²) in [6.07, 6.45) is 0.0778. The van der Waals surface area contributed by atoms with Gasteiger partial charge < -0.3 is 10.1 Å². The lowest BCUT2D eigenvalue weighted by molar-refractivity contribution is -0.142. The fourth-order valence-electron chi connectivity index (χ4n) is 2.44. The topological polar surface area (TPSA) is 64.1 Å². The molecule has 0 saturated heterocycles. The Bertz CT molecular complexity index is 931. The van der Waals surface area contributed by atoms with Crippen molar-refractivity contribution in [2.24, 2.45) is 0 Å². The van der Waals surface area contributed by atoms with Crippen molar-refractivity contribution in [1.82, 2.24) is 10.2 Å². The molecule has 3 rings (SSSR count). The second kappa shape index (κ2) is 7.68. The highest BCUT2D eigenvalue weighted by Gasteiger charge is 2.13. The Morgan fingerprint density at radius 1 is 1.08 bits per heavy atom. The normalized spacial score (nSPS) is 10.7. The van der Waals surface area contributed by atoms with Crippen LogP contribution in [0.25, 0.3) is 10.8 Å². The van der Waals surface area contributed by atoms with E-state index in [0.29, 0.717) is 28.2 Å². The number of ether oxygens (including phenoxy) is 1. The minimum absolute atomic E-state index is 0.0778. The van der Waals surface area contributed by atoms with Gasteiger partial charge in [-0.25, -0.2) is 0 Å². The van der Waals surface area contributed by atoms with Gasteiger partial charge in [-0.1, -0.05) is 47.5 Å². The third-order valence-corrected chi connectivity index (χ3v) is 4.30. The SMILES string of the molecule is CCOC(=O)Cc1nnc(Nc2ccc(Cl)c(Cl)c2)c2ccccc12. The molecule has 128 valence electrons. The van der Waals surface area contributed by atoms with E-state index in [1.807, 2.05) is 24.3 Å². The van der Waals surface area contributed by atoms with Crippen molar-refractivity contribution in [2.45, 2.75) is 13.3 Å². The van der Waals surface area contributed by atoms with Gasteiger partial charge in [-0.15, -0.1) is 5.10 Å². The molecular formula is C18H15Cl2N3O2. The van der Waals surface area contributed by atoms with Gasteiger partial charge >= 0.3 is 5.97 Å². The molecule has 0 radical (unpaired) electrons. The molecule has 0 aliphatic rings. The van der Waals surface area contributed by atoms with Crippen molar-refractivity contribution < 1.29 is 9.53 Å². The molecule has 1 heterocycles. The summed E-state index contributed by atoms with van der Waals surface area (Å²) in [7, 11) is 0. The van der Waals surface area contributed by atoms with E-state index in [4.69, 9.17) is 27.9 Å². The lowest BCUT2D eigenvalue weighted by atomic mass is 10.1. The van der Waals surface area contributed by atoms with Gasteiger partial charge in [-0.3, -0.25) is 4.79 Å². The van der Waals surface area contributed by atoms with E-state index in [0.717, 1.165) is 16.5 Å². The Morgan fingerprint density at radius 2 is 1.84 bits per heavy atom. The number of esters is 1. The first-order chi connectivity index (χ1) is 12.1. The van der Waals surface area contributed by atoms with E-state index in [2.05, 4.69) is 15.5 Å². The summed E-state index contributed by atoms with van der Waals surface area (Å²) in [6.45, 7) is 2.10. The number of aromatic nitrogens is 2. The number of anilines is 2. The molecule has 0 bridgehead atoms. The summed E-state index contributed by atoms with van der Waals surface area (Å²) in [5.41, 5.74) is 1.32. The van der Waals surface area contributed by atoms with Crippen LogP contribution < -0.4 is 5.32 Å². The molecule has 0 amide bonds. The second-order valence-electron chi connectivity index (χ2n) is 5.28. The number of carbonyl (C=O) groups excluding carboxylic acids is 1. The summed E-state index contributed by atoms with van der Waals surface area (Å²) >= 11 is 12.0. The maximum Gasteiger partial charge on any atom is 0.311 e. The summed E-state index contributed by atoms with van der Waals surface area (Å²) in [5.74, 6) is 0.244. The third-order valence-electron chi connectivity index (χ3n) is 3.56. The molecule has 0 aliphatic carbocycles. The molecule has 7 heteroatoms. The zero-order valence-electron chi connectivity index (χ0n) is 13.4. The zero-order valence-corrected chi connectivity index (χ0v) is 14.9. The van der Waals surface area contributed by atoms with Crippen molar-refractivity contribution in [2.75, 3.05) is 11.9 Å². The quantitative estimate of drug-likeness (QED) is 0.649. The van der Waals surface area contributed by atoms with E-state index in [9.17, 15) is 4.79 Å². The zero-order chi connectivity index (χ0) is 17.8. The van der Waals surface area contributed by atoms with Crippen molar-refractivity contribution in [3.63, 3.8) is 0 Å². The van der Waals surface area contributed by atoms with Crippen LogP contribution in [0.15, 0.2) is 42.5 Å². The van der Waals surface area contributed by atoms with Crippen molar-refractivity contribution in [3.8, 4) is 0 Å². The van der Waals surface area contributed by atoms with Gasteiger partial charge in [0.25, 0.3) is 0 Å². The van der Waals surface area contributed by atoms with Gasteiger partial charge in [0.1, 0.15) is 0 Å². The molecular weight excluding hydrogens is 361 g/mol. The molecule has 0 saturated carbocycles. The first-order valence-electron chi connectivity index (χ1n) is 7.70. The summed E-state index contributed by atoms with van der Waals surface area (Å²) in [6, 6.07) is 12.8. The molecule has 2 aromatic carbocycles. The molecule has 0 unspecified atom stereocenters. The lowest BCUT2D eigenvalue weighted by Crippen LogP contribution is -2.10. The van der Waals surface area contributed by atoms with E-state index >= 15 is 0 Å². The van der Waals surface area contributed by atoms with Crippen LogP contribution in [0.4, 0.5) is 11.5 Å².